The summed E-state index contributed by atoms with van der Waals surface area (Å²) in [7, 11) is 0. The van der Waals surface area contributed by atoms with Crippen LogP contribution in [0.3, 0.4) is 0 Å². The number of nitrogens with one attached hydrogen (secondary N) is 3. The highest BCUT2D eigenvalue weighted by Gasteiger charge is 2.31. The van der Waals surface area contributed by atoms with Crippen LogP contribution in [-0.4, -0.2) is 64.0 Å². The summed E-state index contributed by atoms with van der Waals surface area (Å²) in [6, 6.07) is 1.40. The van der Waals surface area contributed by atoms with Gasteiger partial charge in [0.15, 0.2) is 0 Å². The Morgan fingerprint density at radius 2 is 1.27 bits per heavy atom. The van der Waals surface area contributed by atoms with E-state index >= 15 is 0 Å². The molecule has 37 heavy (non-hydrogen) atoms. The summed E-state index contributed by atoms with van der Waals surface area (Å²) in [6.07, 6.45) is -0.0141. The molecule has 4 atom stereocenters. The third-order valence-corrected chi connectivity index (χ3v) is 5.43. The molecule has 0 aliphatic carbocycles. The molecule has 12 nitrogen and oxygen atoms in total. The summed E-state index contributed by atoms with van der Waals surface area (Å²) in [5.41, 5.74) is 11.7. The van der Waals surface area contributed by atoms with Crippen molar-refractivity contribution in [2.45, 2.75) is 77.5 Å². The van der Waals surface area contributed by atoms with Gasteiger partial charge >= 0.3 is 5.97 Å². The number of nitrogens with two attached hydrogens (primary N) is 2. The third-order valence-electron chi connectivity index (χ3n) is 5.43. The molecule has 4 amide bonds. The smallest absolute Gasteiger partial charge is 0.326 e. The van der Waals surface area contributed by atoms with E-state index in [-0.39, 0.29) is 30.4 Å². The average molecular weight is 522 g/mol. The average Bonchev–Trinajstić information content (AvgIpc) is 2.77. The molecule has 4 unspecified atom stereocenters. The van der Waals surface area contributed by atoms with Gasteiger partial charge in [-0.05, 0) is 42.4 Å². The van der Waals surface area contributed by atoms with Gasteiger partial charge < -0.3 is 37.6 Å². The number of carboxylic acid groups (broad SMARTS) is 1. The summed E-state index contributed by atoms with van der Waals surface area (Å²) >= 11 is 0. The number of carbonyl (C=O) groups excluding carboxylic acids is 4. The SMILES string of the molecule is CC(C)CC(N)C(=O)NC(Cc1ccc(O)cc1)C(=O)NC(CC(C)C)C(=O)NC(CC(N)=O)C(=O)O. The summed E-state index contributed by atoms with van der Waals surface area (Å²) < 4.78 is 0. The predicted octanol–water partition coefficient (Wildman–Crippen LogP) is -0.231. The molecule has 0 aliphatic heterocycles. The minimum Gasteiger partial charge on any atom is -0.508 e. The molecule has 9 N–H and O–H groups in total. The number of aliphatic carboxylic acids is 1. The Hall–Kier alpha value is -3.67. The molecule has 0 aliphatic rings. The van der Waals surface area contributed by atoms with Gasteiger partial charge in [-0.2, -0.15) is 0 Å². The van der Waals surface area contributed by atoms with E-state index in [1.54, 1.807) is 12.1 Å². The lowest BCUT2D eigenvalue weighted by Crippen LogP contribution is -2.58. The van der Waals surface area contributed by atoms with Crippen LogP contribution in [0.1, 0.15) is 52.5 Å². The van der Waals surface area contributed by atoms with E-state index in [9.17, 15) is 34.2 Å². The Morgan fingerprint density at radius 3 is 1.76 bits per heavy atom. The molecule has 1 aromatic rings. The molecule has 1 rings (SSSR count). The summed E-state index contributed by atoms with van der Waals surface area (Å²) in [4.78, 5) is 61.6. The fraction of sp³-hybridized carbons (Fsp3) is 0.560. The van der Waals surface area contributed by atoms with E-state index in [4.69, 9.17) is 11.5 Å². The molecule has 0 bridgehead atoms. The summed E-state index contributed by atoms with van der Waals surface area (Å²) in [5, 5.41) is 26.4. The minimum atomic E-state index is -1.56. The van der Waals surface area contributed by atoms with E-state index in [2.05, 4.69) is 16.0 Å². The Bertz CT molecular complexity index is 949. The molecular formula is C25H39N5O7. The van der Waals surface area contributed by atoms with Gasteiger partial charge in [0.25, 0.3) is 0 Å². The van der Waals surface area contributed by atoms with E-state index in [0.29, 0.717) is 12.0 Å². The van der Waals surface area contributed by atoms with Gasteiger partial charge in [-0.15, -0.1) is 0 Å². The lowest BCUT2D eigenvalue weighted by molar-refractivity contribution is -0.143. The van der Waals surface area contributed by atoms with Crippen LogP contribution in [0.25, 0.3) is 0 Å². The zero-order valence-corrected chi connectivity index (χ0v) is 21.7. The molecule has 0 radical (unpaired) electrons. The van der Waals surface area contributed by atoms with Crippen molar-refractivity contribution >= 4 is 29.6 Å². The largest absolute Gasteiger partial charge is 0.508 e. The minimum absolute atomic E-state index is 0.0327. The van der Waals surface area contributed by atoms with Crippen molar-refractivity contribution in [3.8, 4) is 5.75 Å². The maximum Gasteiger partial charge on any atom is 0.326 e. The Balaban J connectivity index is 3.15. The standard InChI is InChI=1S/C25H39N5O7/c1-13(2)9-17(26)22(33)28-19(11-15-5-7-16(31)8-6-15)24(35)29-18(10-14(3)4)23(34)30-20(25(36)37)12-21(27)32/h5-8,13-14,17-20,31H,9-12,26H2,1-4H3,(H2,27,32)(H,28,33)(H,29,35)(H,30,34)(H,36,37). The number of hydrogen-bond acceptors (Lipinski definition) is 7. The number of carboxylic acids is 1. The van der Waals surface area contributed by atoms with Crippen molar-refractivity contribution in [3.63, 3.8) is 0 Å². The highest BCUT2D eigenvalue weighted by atomic mass is 16.4. The van der Waals surface area contributed by atoms with Crippen LogP contribution in [0.5, 0.6) is 5.75 Å². The van der Waals surface area contributed by atoms with Gasteiger partial charge in [0.2, 0.25) is 23.6 Å². The second-order valence-electron chi connectivity index (χ2n) is 9.93. The first-order valence-corrected chi connectivity index (χ1v) is 12.1. The van der Waals surface area contributed by atoms with E-state index < -0.39 is 60.2 Å². The van der Waals surface area contributed by atoms with Crippen LogP contribution in [0.4, 0.5) is 0 Å². The molecule has 0 spiro atoms. The van der Waals surface area contributed by atoms with Crippen molar-refractivity contribution in [1.82, 2.24) is 16.0 Å². The predicted molar refractivity (Wildman–Crippen MR) is 136 cm³/mol. The van der Waals surface area contributed by atoms with Crippen molar-refractivity contribution in [2.24, 2.45) is 23.3 Å². The van der Waals surface area contributed by atoms with Gasteiger partial charge in [0, 0.05) is 6.42 Å². The van der Waals surface area contributed by atoms with Crippen LogP contribution < -0.4 is 27.4 Å². The van der Waals surface area contributed by atoms with Crippen molar-refractivity contribution in [1.29, 1.82) is 0 Å². The van der Waals surface area contributed by atoms with Crippen LogP contribution in [0.2, 0.25) is 0 Å². The monoisotopic (exact) mass is 521 g/mol. The third kappa shape index (κ3) is 11.7. The van der Waals surface area contributed by atoms with Gasteiger partial charge in [-0.1, -0.05) is 39.8 Å². The van der Waals surface area contributed by atoms with E-state index in [1.807, 2.05) is 27.7 Å². The van der Waals surface area contributed by atoms with Crippen LogP contribution >= 0.6 is 0 Å². The molecule has 0 aromatic heterocycles. The fourth-order valence-electron chi connectivity index (χ4n) is 3.62. The second-order valence-corrected chi connectivity index (χ2v) is 9.93. The van der Waals surface area contributed by atoms with Crippen molar-refractivity contribution in [3.05, 3.63) is 29.8 Å². The van der Waals surface area contributed by atoms with Crippen molar-refractivity contribution in [2.75, 3.05) is 0 Å². The van der Waals surface area contributed by atoms with E-state index in [1.165, 1.54) is 12.1 Å². The Labute approximate surface area is 216 Å². The molecule has 206 valence electrons. The molecule has 0 fully saturated rings. The number of carbonyl (C=O) groups is 5. The number of aromatic hydroxyl groups is 1. The number of amides is 4. The normalized spacial score (nSPS) is 14.4. The molecule has 1 aromatic carbocycles. The van der Waals surface area contributed by atoms with Crippen LogP contribution in [0.15, 0.2) is 24.3 Å². The first-order valence-electron chi connectivity index (χ1n) is 12.1. The highest BCUT2D eigenvalue weighted by Crippen LogP contribution is 2.13. The van der Waals surface area contributed by atoms with E-state index in [0.717, 1.165) is 0 Å². The molecule has 12 heteroatoms. The molecule has 0 saturated heterocycles. The molecule has 0 heterocycles. The Kier molecular flexibility index (Phi) is 12.5. The lowest BCUT2D eigenvalue weighted by Gasteiger charge is -2.26. The van der Waals surface area contributed by atoms with Crippen LogP contribution in [0, 0.1) is 11.8 Å². The highest BCUT2D eigenvalue weighted by molar-refractivity contribution is 5.95. The first kappa shape index (κ1) is 31.4. The number of benzene rings is 1. The first-order chi connectivity index (χ1) is 17.2. The maximum atomic E-state index is 13.3. The van der Waals surface area contributed by atoms with Gasteiger partial charge in [-0.3, -0.25) is 19.2 Å². The molecule has 0 saturated carbocycles. The van der Waals surface area contributed by atoms with Crippen LogP contribution in [-0.2, 0) is 30.4 Å². The topological polar surface area (TPSA) is 214 Å². The molecular weight excluding hydrogens is 482 g/mol. The fourth-order valence-corrected chi connectivity index (χ4v) is 3.62. The van der Waals surface area contributed by atoms with Gasteiger partial charge in [-0.25, -0.2) is 4.79 Å². The maximum absolute atomic E-state index is 13.3. The zero-order valence-electron chi connectivity index (χ0n) is 21.7. The number of hydrogen-bond donors (Lipinski definition) is 7. The van der Waals surface area contributed by atoms with Crippen molar-refractivity contribution < 1.29 is 34.2 Å². The summed E-state index contributed by atoms with van der Waals surface area (Å²) in [6.45, 7) is 7.44. The number of rotatable bonds is 15. The zero-order chi connectivity index (χ0) is 28.3. The second kappa shape index (κ2) is 14.8. The summed E-state index contributed by atoms with van der Waals surface area (Å²) in [5.74, 6) is -4.27. The lowest BCUT2D eigenvalue weighted by atomic mass is 9.99. The number of primary amides is 1. The number of phenols is 1. The quantitative estimate of drug-likeness (QED) is 0.163. The van der Waals surface area contributed by atoms with Gasteiger partial charge in [0.1, 0.15) is 23.9 Å². The number of phenolic OH excluding ortho intramolecular Hbond substituents is 1. The van der Waals surface area contributed by atoms with Gasteiger partial charge in [0.05, 0.1) is 12.5 Å². The Morgan fingerprint density at radius 1 is 0.784 bits per heavy atom.